The SMILES string of the molecule is COc1ccc([C@@H](CNC(=O)Cn2nc(C(N)=O)c3ccccc3c2=O)N2CCCC2)cc1. The number of amides is 2. The Labute approximate surface area is 191 Å². The Morgan fingerprint density at radius 3 is 2.39 bits per heavy atom. The lowest BCUT2D eigenvalue weighted by Crippen LogP contribution is -2.40. The lowest BCUT2D eigenvalue weighted by Gasteiger charge is -2.28. The van der Waals surface area contributed by atoms with Crippen LogP contribution in [-0.4, -0.2) is 53.2 Å². The van der Waals surface area contributed by atoms with E-state index in [2.05, 4.69) is 15.3 Å². The number of benzene rings is 2. The summed E-state index contributed by atoms with van der Waals surface area (Å²) in [5.41, 5.74) is 6.05. The number of rotatable bonds is 8. The predicted octanol–water partition coefficient (Wildman–Crippen LogP) is 1.46. The molecular formula is C24H27N5O4. The molecule has 2 heterocycles. The molecule has 1 aliphatic rings. The van der Waals surface area contributed by atoms with Crippen molar-refractivity contribution in [3.63, 3.8) is 0 Å². The van der Waals surface area contributed by atoms with Crippen LogP contribution >= 0.6 is 0 Å². The van der Waals surface area contributed by atoms with Crippen LogP contribution in [0, 0.1) is 0 Å². The Morgan fingerprint density at radius 2 is 1.76 bits per heavy atom. The zero-order valence-electron chi connectivity index (χ0n) is 18.5. The van der Waals surface area contributed by atoms with Gasteiger partial charge in [0.2, 0.25) is 5.91 Å². The Hall–Kier alpha value is -3.72. The van der Waals surface area contributed by atoms with E-state index in [0.717, 1.165) is 41.9 Å². The van der Waals surface area contributed by atoms with Gasteiger partial charge in [0, 0.05) is 11.9 Å². The van der Waals surface area contributed by atoms with E-state index in [1.165, 1.54) is 0 Å². The van der Waals surface area contributed by atoms with Gasteiger partial charge in [0.25, 0.3) is 11.5 Å². The third-order valence-corrected chi connectivity index (χ3v) is 5.97. The molecule has 1 atom stereocenters. The molecule has 4 rings (SSSR count). The van der Waals surface area contributed by atoms with Crippen molar-refractivity contribution >= 4 is 22.6 Å². The summed E-state index contributed by atoms with van der Waals surface area (Å²) in [5, 5.41) is 7.67. The van der Waals surface area contributed by atoms with Gasteiger partial charge < -0.3 is 15.8 Å². The summed E-state index contributed by atoms with van der Waals surface area (Å²) in [4.78, 5) is 39.8. The molecule has 0 unspecified atom stereocenters. The molecule has 172 valence electrons. The number of aromatic nitrogens is 2. The van der Waals surface area contributed by atoms with E-state index in [1.807, 2.05) is 24.3 Å². The molecule has 2 amide bonds. The lowest BCUT2D eigenvalue weighted by molar-refractivity contribution is -0.122. The van der Waals surface area contributed by atoms with Gasteiger partial charge >= 0.3 is 0 Å². The summed E-state index contributed by atoms with van der Waals surface area (Å²) >= 11 is 0. The largest absolute Gasteiger partial charge is 0.497 e. The van der Waals surface area contributed by atoms with Crippen LogP contribution in [0.4, 0.5) is 0 Å². The van der Waals surface area contributed by atoms with Gasteiger partial charge in [0.1, 0.15) is 12.3 Å². The van der Waals surface area contributed by atoms with Gasteiger partial charge in [-0.1, -0.05) is 30.3 Å². The predicted molar refractivity (Wildman–Crippen MR) is 124 cm³/mol. The number of primary amides is 1. The molecule has 3 aromatic rings. The maximum absolute atomic E-state index is 12.8. The second kappa shape index (κ2) is 9.83. The quantitative estimate of drug-likeness (QED) is 0.537. The van der Waals surface area contributed by atoms with Crippen LogP contribution in [0.15, 0.2) is 53.3 Å². The summed E-state index contributed by atoms with van der Waals surface area (Å²) in [6, 6.07) is 14.4. The van der Waals surface area contributed by atoms with Crippen LogP contribution in [0.5, 0.6) is 5.75 Å². The average molecular weight is 450 g/mol. The third-order valence-electron chi connectivity index (χ3n) is 5.97. The van der Waals surface area contributed by atoms with E-state index in [0.29, 0.717) is 17.3 Å². The van der Waals surface area contributed by atoms with E-state index in [1.54, 1.807) is 31.4 Å². The van der Waals surface area contributed by atoms with Gasteiger partial charge in [-0.25, -0.2) is 4.68 Å². The van der Waals surface area contributed by atoms with Crippen molar-refractivity contribution in [2.75, 3.05) is 26.7 Å². The molecule has 9 nitrogen and oxygen atoms in total. The zero-order valence-corrected chi connectivity index (χ0v) is 18.5. The Bertz CT molecular complexity index is 1220. The molecule has 0 bridgehead atoms. The van der Waals surface area contributed by atoms with Crippen molar-refractivity contribution < 1.29 is 14.3 Å². The number of nitrogens with zero attached hydrogens (tertiary/aromatic N) is 3. The van der Waals surface area contributed by atoms with Crippen molar-refractivity contribution in [2.24, 2.45) is 5.73 Å². The molecule has 1 aliphatic heterocycles. The molecule has 0 saturated carbocycles. The monoisotopic (exact) mass is 449 g/mol. The molecule has 9 heteroatoms. The molecule has 33 heavy (non-hydrogen) atoms. The highest BCUT2D eigenvalue weighted by Crippen LogP contribution is 2.26. The average Bonchev–Trinajstić information content (AvgIpc) is 3.36. The molecule has 3 N–H and O–H groups in total. The number of methoxy groups -OCH3 is 1. The van der Waals surface area contributed by atoms with Crippen LogP contribution in [-0.2, 0) is 11.3 Å². The van der Waals surface area contributed by atoms with Crippen molar-refractivity contribution in [1.82, 2.24) is 20.0 Å². The van der Waals surface area contributed by atoms with E-state index in [4.69, 9.17) is 10.5 Å². The first-order valence-corrected chi connectivity index (χ1v) is 10.9. The van der Waals surface area contributed by atoms with Gasteiger partial charge in [-0.2, -0.15) is 5.10 Å². The molecule has 0 radical (unpaired) electrons. The fourth-order valence-corrected chi connectivity index (χ4v) is 4.26. The van der Waals surface area contributed by atoms with Crippen molar-refractivity contribution in [1.29, 1.82) is 0 Å². The number of ether oxygens (including phenoxy) is 1. The van der Waals surface area contributed by atoms with Crippen molar-refractivity contribution in [3.8, 4) is 5.75 Å². The first kappa shape index (κ1) is 22.5. The smallest absolute Gasteiger partial charge is 0.275 e. The van der Waals surface area contributed by atoms with Gasteiger partial charge in [-0.05, 0) is 49.7 Å². The Morgan fingerprint density at radius 1 is 1.09 bits per heavy atom. The molecule has 0 spiro atoms. The number of nitrogens with one attached hydrogen (secondary N) is 1. The van der Waals surface area contributed by atoms with E-state index < -0.39 is 11.5 Å². The second-order valence-electron chi connectivity index (χ2n) is 8.06. The van der Waals surface area contributed by atoms with E-state index >= 15 is 0 Å². The van der Waals surface area contributed by atoms with Crippen LogP contribution in [0.25, 0.3) is 10.8 Å². The number of hydrogen-bond acceptors (Lipinski definition) is 6. The Kier molecular flexibility index (Phi) is 6.69. The highest BCUT2D eigenvalue weighted by atomic mass is 16.5. The minimum atomic E-state index is -0.756. The normalized spacial score (nSPS) is 14.8. The second-order valence-corrected chi connectivity index (χ2v) is 8.06. The molecule has 0 aliphatic carbocycles. The number of fused-ring (bicyclic) bond motifs is 1. The number of nitrogens with two attached hydrogens (primary N) is 1. The van der Waals surface area contributed by atoms with Crippen LogP contribution in [0.1, 0.15) is 34.9 Å². The summed E-state index contributed by atoms with van der Waals surface area (Å²) in [6.07, 6.45) is 2.24. The van der Waals surface area contributed by atoms with Crippen molar-refractivity contribution in [2.45, 2.75) is 25.4 Å². The van der Waals surface area contributed by atoms with E-state index in [9.17, 15) is 14.4 Å². The summed E-state index contributed by atoms with van der Waals surface area (Å²) in [7, 11) is 1.62. The lowest BCUT2D eigenvalue weighted by atomic mass is 10.1. The molecule has 1 fully saturated rings. The summed E-state index contributed by atoms with van der Waals surface area (Å²) in [6.45, 7) is 2.00. The zero-order chi connectivity index (χ0) is 23.4. The summed E-state index contributed by atoms with van der Waals surface area (Å²) < 4.78 is 6.25. The fraction of sp³-hybridized carbons (Fsp3) is 0.333. The maximum Gasteiger partial charge on any atom is 0.275 e. The number of likely N-dealkylation sites (tertiary alicyclic amines) is 1. The molecular weight excluding hydrogens is 422 g/mol. The standard InChI is InChI=1S/C24H27N5O4/c1-33-17-10-8-16(9-11-17)20(28-12-4-5-13-28)14-26-21(30)15-29-24(32)19-7-3-2-6-18(19)22(27-29)23(25)31/h2-3,6-11,20H,4-5,12-15H2,1H3,(H2,25,31)(H,26,30)/t20-/m1/s1. The highest BCUT2D eigenvalue weighted by molar-refractivity contribution is 6.04. The number of carbonyl (C=O) groups excluding carboxylic acids is 2. The van der Waals surface area contributed by atoms with E-state index in [-0.39, 0.29) is 24.2 Å². The van der Waals surface area contributed by atoms with Gasteiger partial charge in [0.05, 0.1) is 18.5 Å². The van der Waals surface area contributed by atoms with Gasteiger partial charge in [-0.3, -0.25) is 19.3 Å². The van der Waals surface area contributed by atoms with Crippen LogP contribution in [0.2, 0.25) is 0 Å². The third kappa shape index (κ3) is 4.88. The minimum Gasteiger partial charge on any atom is -0.497 e. The number of carbonyl (C=O) groups is 2. The van der Waals surface area contributed by atoms with Crippen LogP contribution < -0.4 is 21.3 Å². The van der Waals surface area contributed by atoms with Gasteiger partial charge in [-0.15, -0.1) is 0 Å². The topological polar surface area (TPSA) is 120 Å². The van der Waals surface area contributed by atoms with Crippen LogP contribution in [0.3, 0.4) is 0 Å². The molecule has 1 aromatic heterocycles. The number of hydrogen-bond donors (Lipinski definition) is 2. The Balaban J connectivity index is 1.52. The maximum atomic E-state index is 12.8. The first-order valence-electron chi connectivity index (χ1n) is 10.9. The molecule has 1 saturated heterocycles. The fourth-order valence-electron chi connectivity index (χ4n) is 4.26. The molecule has 2 aromatic carbocycles. The van der Waals surface area contributed by atoms with Gasteiger partial charge in [0.15, 0.2) is 5.69 Å². The highest BCUT2D eigenvalue weighted by Gasteiger charge is 2.24. The minimum absolute atomic E-state index is 0.00446. The first-order chi connectivity index (χ1) is 16.0. The summed E-state index contributed by atoms with van der Waals surface area (Å²) in [5.74, 6) is -0.350. The van der Waals surface area contributed by atoms with Crippen molar-refractivity contribution in [3.05, 3.63) is 70.1 Å².